The van der Waals surface area contributed by atoms with Gasteiger partial charge in [-0.05, 0) is 30.5 Å². The molecule has 1 aromatic rings. The average molecular weight is 400 g/mol. The van der Waals surface area contributed by atoms with Crippen LogP contribution in [0.3, 0.4) is 0 Å². The average Bonchev–Trinajstić information content (AvgIpc) is 2.69. The zero-order valence-corrected chi connectivity index (χ0v) is 16.4. The number of alkyl halides is 2. The van der Waals surface area contributed by atoms with Crippen LogP contribution >= 0.6 is 0 Å². The molecule has 0 saturated carbocycles. The summed E-state index contributed by atoms with van der Waals surface area (Å²) < 4.78 is 37.6. The number of hydroxylamine groups is 2. The van der Waals surface area contributed by atoms with Gasteiger partial charge in [-0.15, -0.1) is 0 Å². The second-order valence-electron chi connectivity index (χ2n) is 7.51. The molecule has 158 valence electrons. The van der Waals surface area contributed by atoms with Crippen LogP contribution in [0, 0.1) is 0 Å². The third-order valence-corrected chi connectivity index (χ3v) is 5.15. The molecule has 0 spiro atoms. The topological polar surface area (TPSA) is 54.4 Å². The fraction of sp³-hybridized carbons (Fsp3) is 0.700. The molecular formula is C20H30F2N2O4. The van der Waals surface area contributed by atoms with Crippen molar-refractivity contribution in [1.82, 2.24) is 9.96 Å². The summed E-state index contributed by atoms with van der Waals surface area (Å²) >= 11 is 0. The Morgan fingerprint density at radius 3 is 2.64 bits per heavy atom. The van der Waals surface area contributed by atoms with Crippen LogP contribution < -0.4 is 9.47 Å². The highest BCUT2D eigenvalue weighted by atomic mass is 19.3. The summed E-state index contributed by atoms with van der Waals surface area (Å²) in [7, 11) is 1.57. The molecule has 28 heavy (non-hydrogen) atoms. The van der Waals surface area contributed by atoms with E-state index >= 15 is 0 Å². The van der Waals surface area contributed by atoms with E-state index in [1.165, 1.54) is 0 Å². The predicted octanol–water partition coefficient (Wildman–Crippen LogP) is 2.69. The molecule has 1 aromatic carbocycles. The van der Waals surface area contributed by atoms with Gasteiger partial charge >= 0.3 is 0 Å². The van der Waals surface area contributed by atoms with E-state index in [0.29, 0.717) is 37.7 Å². The predicted molar refractivity (Wildman–Crippen MR) is 101 cm³/mol. The first-order valence-electron chi connectivity index (χ1n) is 9.91. The van der Waals surface area contributed by atoms with Gasteiger partial charge in [0.1, 0.15) is 12.7 Å². The second-order valence-corrected chi connectivity index (χ2v) is 7.51. The minimum Gasteiger partial charge on any atom is -0.493 e. The quantitative estimate of drug-likeness (QED) is 0.724. The summed E-state index contributed by atoms with van der Waals surface area (Å²) in [6.07, 6.45) is 1.13. The number of aliphatic hydroxyl groups excluding tert-OH is 1. The van der Waals surface area contributed by atoms with Gasteiger partial charge in [-0.25, -0.2) is 8.78 Å². The number of β-amino-alcohol motifs (C(OH)–C–C–N with tert-alkyl or cyclic N) is 1. The fourth-order valence-electron chi connectivity index (χ4n) is 3.51. The van der Waals surface area contributed by atoms with Gasteiger partial charge in [0.15, 0.2) is 11.5 Å². The molecule has 0 amide bonds. The van der Waals surface area contributed by atoms with E-state index in [9.17, 15) is 13.9 Å². The van der Waals surface area contributed by atoms with Gasteiger partial charge in [0.05, 0.1) is 13.7 Å². The van der Waals surface area contributed by atoms with Gasteiger partial charge in [-0.2, -0.15) is 5.06 Å². The molecule has 2 heterocycles. The van der Waals surface area contributed by atoms with Crippen LogP contribution in [0.1, 0.15) is 31.2 Å². The van der Waals surface area contributed by atoms with E-state index in [1.807, 2.05) is 28.2 Å². The van der Waals surface area contributed by atoms with E-state index in [0.717, 1.165) is 31.6 Å². The number of methoxy groups -OCH3 is 1. The molecule has 6 nitrogen and oxygen atoms in total. The minimum atomic E-state index is -2.58. The van der Waals surface area contributed by atoms with Gasteiger partial charge in [0, 0.05) is 45.6 Å². The molecule has 2 saturated heterocycles. The molecular weight excluding hydrogens is 370 g/mol. The first-order valence-corrected chi connectivity index (χ1v) is 9.91. The maximum absolute atomic E-state index is 13.2. The highest BCUT2D eigenvalue weighted by Crippen LogP contribution is 2.30. The van der Waals surface area contributed by atoms with E-state index in [4.69, 9.17) is 14.3 Å². The molecule has 3 rings (SSSR count). The SMILES string of the molecule is COc1ccc(CN2CCCCO2)cc1OCC(O)CN1CCC(F)(F)CC1. The Morgan fingerprint density at radius 2 is 1.96 bits per heavy atom. The van der Waals surface area contributed by atoms with Crippen molar-refractivity contribution in [3.8, 4) is 11.5 Å². The number of hydrogen-bond acceptors (Lipinski definition) is 6. The van der Waals surface area contributed by atoms with Crippen molar-refractivity contribution >= 4 is 0 Å². The summed E-state index contributed by atoms with van der Waals surface area (Å²) in [4.78, 5) is 7.49. The smallest absolute Gasteiger partial charge is 0.250 e. The lowest BCUT2D eigenvalue weighted by Gasteiger charge is -2.32. The van der Waals surface area contributed by atoms with Crippen molar-refractivity contribution in [3.63, 3.8) is 0 Å². The third-order valence-electron chi connectivity index (χ3n) is 5.15. The monoisotopic (exact) mass is 400 g/mol. The number of piperidine rings is 1. The van der Waals surface area contributed by atoms with Crippen molar-refractivity contribution < 1.29 is 28.2 Å². The Morgan fingerprint density at radius 1 is 1.18 bits per heavy atom. The lowest BCUT2D eigenvalue weighted by Crippen LogP contribution is -2.44. The summed E-state index contributed by atoms with van der Waals surface area (Å²) in [5.41, 5.74) is 1.03. The van der Waals surface area contributed by atoms with Gasteiger partial charge in [0.25, 0.3) is 5.92 Å². The maximum atomic E-state index is 13.2. The maximum Gasteiger partial charge on any atom is 0.250 e. The van der Waals surface area contributed by atoms with E-state index < -0.39 is 12.0 Å². The summed E-state index contributed by atoms with van der Waals surface area (Å²) in [5, 5.41) is 12.2. The second kappa shape index (κ2) is 9.82. The minimum absolute atomic E-state index is 0.0763. The van der Waals surface area contributed by atoms with Crippen LogP contribution in [0.4, 0.5) is 8.78 Å². The number of benzene rings is 1. The number of halogens is 2. The van der Waals surface area contributed by atoms with E-state index in [-0.39, 0.29) is 19.4 Å². The highest BCUT2D eigenvalue weighted by Gasteiger charge is 2.34. The molecule has 0 bridgehead atoms. The van der Waals surface area contributed by atoms with Crippen molar-refractivity contribution in [3.05, 3.63) is 23.8 Å². The highest BCUT2D eigenvalue weighted by molar-refractivity contribution is 5.43. The summed E-state index contributed by atoms with van der Waals surface area (Å²) in [5.74, 6) is -1.43. The number of likely N-dealkylation sites (tertiary alicyclic amines) is 1. The summed E-state index contributed by atoms with van der Waals surface area (Å²) in [6, 6.07) is 5.70. The number of nitrogens with zero attached hydrogens (tertiary/aromatic N) is 2. The first kappa shape index (κ1) is 21.2. The van der Waals surface area contributed by atoms with Crippen LogP contribution in [0.2, 0.25) is 0 Å². The van der Waals surface area contributed by atoms with Crippen LogP contribution in [0.5, 0.6) is 11.5 Å². The zero-order valence-electron chi connectivity index (χ0n) is 16.4. The molecule has 2 aliphatic rings. The van der Waals surface area contributed by atoms with Crippen molar-refractivity contribution in [1.29, 1.82) is 0 Å². The first-order chi connectivity index (χ1) is 13.4. The van der Waals surface area contributed by atoms with E-state index in [1.54, 1.807) is 7.11 Å². The summed E-state index contributed by atoms with van der Waals surface area (Å²) in [6.45, 7) is 3.28. The Balaban J connectivity index is 1.51. The Labute approximate surface area is 164 Å². The molecule has 0 radical (unpaired) electrons. The van der Waals surface area contributed by atoms with Crippen molar-refractivity contribution in [2.45, 2.75) is 44.3 Å². The molecule has 2 aliphatic heterocycles. The van der Waals surface area contributed by atoms with Crippen LogP contribution in [0.25, 0.3) is 0 Å². The number of aliphatic hydroxyl groups is 1. The molecule has 0 aromatic heterocycles. The fourth-order valence-corrected chi connectivity index (χ4v) is 3.51. The van der Waals surface area contributed by atoms with Crippen LogP contribution in [-0.4, -0.2) is 73.6 Å². The van der Waals surface area contributed by atoms with Gasteiger partial charge in [0.2, 0.25) is 0 Å². The molecule has 8 heteroatoms. The molecule has 1 unspecified atom stereocenters. The lowest BCUT2D eigenvalue weighted by atomic mass is 10.1. The Bertz CT molecular complexity index is 616. The Hall–Kier alpha value is -1.48. The molecule has 0 aliphatic carbocycles. The van der Waals surface area contributed by atoms with Crippen LogP contribution in [-0.2, 0) is 11.4 Å². The number of hydrogen-bond donors (Lipinski definition) is 1. The van der Waals surface area contributed by atoms with Crippen LogP contribution in [0.15, 0.2) is 18.2 Å². The number of ether oxygens (including phenoxy) is 2. The molecule has 2 fully saturated rings. The van der Waals surface area contributed by atoms with Gasteiger partial charge in [-0.1, -0.05) is 6.07 Å². The van der Waals surface area contributed by atoms with Gasteiger partial charge < -0.3 is 19.5 Å². The third kappa shape index (κ3) is 6.27. The van der Waals surface area contributed by atoms with Gasteiger partial charge in [-0.3, -0.25) is 4.84 Å². The lowest BCUT2D eigenvalue weighted by molar-refractivity contribution is -0.187. The molecule has 1 atom stereocenters. The largest absolute Gasteiger partial charge is 0.493 e. The Kier molecular flexibility index (Phi) is 7.45. The van der Waals surface area contributed by atoms with E-state index in [2.05, 4.69) is 0 Å². The van der Waals surface area contributed by atoms with Crippen molar-refractivity contribution in [2.24, 2.45) is 0 Å². The zero-order chi connectivity index (χ0) is 20.0. The number of rotatable bonds is 8. The molecule has 1 N–H and O–H groups in total. The van der Waals surface area contributed by atoms with Crippen molar-refractivity contribution in [2.75, 3.05) is 46.5 Å². The standard InChI is InChI=1S/C20H30F2N2O4/c1-26-18-5-4-16(13-24-8-2-3-11-28-24)12-19(18)27-15-17(25)14-23-9-6-20(21,22)7-10-23/h4-5,12,17,25H,2-3,6-11,13-15H2,1H3. The normalized spacial score (nSPS) is 22.0.